The van der Waals surface area contributed by atoms with Gasteiger partial charge in [-0.2, -0.15) is 0 Å². The van der Waals surface area contributed by atoms with Gasteiger partial charge in [0.25, 0.3) is 0 Å². The van der Waals surface area contributed by atoms with Gasteiger partial charge in [-0.3, -0.25) is 0 Å². The zero-order chi connectivity index (χ0) is 11.5. The molecule has 0 aliphatic heterocycles. The highest BCUT2D eigenvalue weighted by Crippen LogP contribution is 2.19. The Kier molecular flexibility index (Phi) is 3.38. The number of aliphatic hydroxyl groups is 1. The fourth-order valence-corrected chi connectivity index (χ4v) is 1.34. The van der Waals surface area contributed by atoms with Gasteiger partial charge < -0.3 is 5.11 Å². The maximum Gasteiger partial charge on any atom is 0.109 e. The number of rotatable bonds is 1. The Morgan fingerprint density at radius 2 is 1.67 bits per heavy atom. The highest BCUT2D eigenvalue weighted by Gasteiger charge is 2.35. The van der Waals surface area contributed by atoms with Gasteiger partial charge in [-0.15, -0.1) is 0 Å². The molecule has 0 fully saturated rings. The zero-order valence-corrected chi connectivity index (χ0v) is 10.8. The first-order chi connectivity index (χ1) is 6.83. The topological polar surface area (TPSA) is 20.2 Å². The Morgan fingerprint density at radius 3 is 2.13 bits per heavy atom. The third kappa shape index (κ3) is 3.23. The lowest BCUT2D eigenvalue weighted by atomic mass is 10.2. The van der Waals surface area contributed by atoms with Gasteiger partial charge in [0.2, 0.25) is 0 Å². The molecule has 1 N–H and O–H groups in total. The van der Waals surface area contributed by atoms with E-state index in [2.05, 4.69) is 31.5 Å². The molecule has 2 heteroatoms. The molecular formula is C13H18OSi. The Hall–Kier alpha value is -1.04. The van der Waals surface area contributed by atoms with Crippen molar-refractivity contribution < 1.29 is 5.11 Å². The van der Waals surface area contributed by atoms with Crippen molar-refractivity contribution >= 4 is 8.07 Å². The summed E-state index contributed by atoms with van der Waals surface area (Å²) in [5.74, 6) is 6.01. The fraction of sp³-hybridized carbons (Fsp3) is 0.385. The third-order valence-corrected chi connectivity index (χ3v) is 5.73. The summed E-state index contributed by atoms with van der Waals surface area (Å²) in [7, 11) is -1.66. The van der Waals surface area contributed by atoms with E-state index in [4.69, 9.17) is 0 Å². The highest BCUT2D eigenvalue weighted by atomic mass is 28.3. The molecule has 0 aliphatic carbocycles. The summed E-state index contributed by atoms with van der Waals surface area (Å²) in [6.45, 7) is 8.17. The summed E-state index contributed by atoms with van der Waals surface area (Å²) in [6.07, 6.45) is 0. The summed E-state index contributed by atoms with van der Waals surface area (Å²) in [5, 5.41) is 9.37. The minimum Gasteiger partial charge on any atom is -0.381 e. The number of hydrogen-bond donors (Lipinski definition) is 1. The van der Waals surface area contributed by atoms with Crippen LogP contribution < -0.4 is 0 Å². The number of hydrogen-bond acceptors (Lipinski definition) is 1. The first kappa shape index (κ1) is 12.0. The summed E-state index contributed by atoms with van der Waals surface area (Å²) >= 11 is 0. The minimum absolute atomic E-state index is 0.831. The molecule has 1 aromatic carbocycles. The van der Waals surface area contributed by atoms with Crippen molar-refractivity contribution in [1.29, 1.82) is 0 Å². The molecule has 0 saturated heterocycles. The standard InChI is InChI=1S/C13H18OSi/c1-13(14,15(2,3)4)11-10-12-8-6-5-7-9-12/h5-9,14H,1-4H3. The van der Waals surface area contributed by atoms with Gasteiger partial charge in [0, 0.05) is 5.56 Å². The second-order valence-electron chi connectivity index (χ2n) is 4.94. The molecule has 0 saturated carbocycles. The van der Waals surface area contributed by atoms with Crippen LogP contribution in [0.3, 0.4) is 0 Å². The van der Waals surface area contributed by atoms with Crippen molar-refractivity contribution in [2.24, 2.45) is 0 Å². The van der Waals surface area contributed by atoms with E-state index in [1.807, 2.05) is 37.3 Å². The second-order valence-corrected chi connectivity index (χ2v) is 10.4. The first-order valence-corrected chi connectivity index (χ1v) is 8.63. The highest BCUT2D eigenvalue weighted by molar-refractivity contribution is 6.79. The summed E-state index contributed by atoms with van der Waals surface area (Å²) in [6, 6.07) is 9.77. The number of benzene rings is 1. The summed E-state index contributed by atoms with van der Waals surface area (Å²) in [4.78, 5) is 0. The Balaban J connectivity index is 2.92. The largest absolute Gasteiger partial charge is 0.381 e. The average Bonchev–Trinajstić information content (AvgIpc) is 2.15. The van der Waals surface area contributed by atoms with Gasteiger partial charge in [0.05, 0.1) is 8.07 Å². The normalized spacial score (nSPS) is 15.0. The van der Waals surface area contributed by atoms with Crippen LogP contribution in [0.15, 0.2) is 30.3 Å². The molecule has 1 rings (SSSR count). The van der Waals surface area contributed by atoms with E-state index in [1.165, 1.54) is 0 Å². The van der Waals surface area contributed by atoms with Crippen LogP contribution in [0.5, 0.6) is 0 Å². The first-order valence-electron chi connectivity index (χ1n) is 5.13. The zero-order valence-electron chi connectivity index (χ0n) is 9.83. The molecule has 1 aromatic rings. The van der Waals surface area contributed by atoms with E-state index < -0.39 is 13.3 Å². The van der Waals surface area contributed by atoms with Gasteiger partial charge in [0.1, 0.15) is 5.22 Å². The van der Waals surface area contributed by atoms with Crippen LogP contribution >= 0.6 is 0 Å². The van der Waals surface area contributed by atoms with Gasteiger partial charge >= 0.3 is 0 Å². The molecular weight excluding hydrogens is 200 g/mol. The summed E-state index contributed by atoms with van der Waals surface area (Å²) < 4.78 is 0. The van der Waals surface area contributed by atoms with Crippen LogP contribution in [0.1, 0.15) is 12.5 Å². The predicted octanol–water partition coefficient (Wildman–Crippen LogP) is 2.67. The van der Waals surface area contributed by atoms with E-state index in [1.54, 1.807) is 0 Å². The van der Waals surface area contributed by atoms with E-state index in [-0.39, 0.29) is 0 Å². The van der Waals surface area contributed by atoms with Crippen molar-refractivity contribution in [3.8, 4) is 11.8 Å². The molecule has 0 amide bonds. The van der Waals surface area contributed by atoms with Crippen LogP contribution in [-0.4, -0.2) is 18.4 Å². The monoisotopic (exact) mass is 218 g/mol. The van der Waals surface area contributed by atoms with E-state index in [9.17, 15) is 5.11 Å². The molecule has 1 atom stereocenters. The lowest BCUT2D eigenvalue weighted by molar-refractivity contribution is 0.197. The van der Waals surface area contributed by atoms with E-state index >= 15 is 0 Å². The molecule has 15 heavy (non-hydrogen) atoms. The smallest absolute Gasteiger partial charge is 0.109 e. The minimum atomic E-state index is -1.66. The second kappa shape index (κ2) is 4.22. The molecule has 1 unspecified atom stereocenters. The maximum atomic E-state index is 10.2. The molecule has 0 spiro atoms. The van der Waals surface area contributed by atoms with Crippen LogP contribution in [0.25, 0.3) is 0 Å². The lowest BCUT2D eigenvalue weighted by Gasteiger charge is -2.30. The fourth-order valence-electron chi connectivity index (χ4n) is 0.903. The molecule has 0 aromatic heterocycles. The molecule has 0 radical (unpaired) electrons. The quantitative estimate of drug-likeness (QED) is 0.567. The predicted molar refractivity (Wildman–Crippen MR) is 67.3 cm³/mol. The van der Waals surface area contributed by atoms with Crippen LogP contribution in [0.4, 0.5) is 0 Å². The van der Waals surface area contributed by atoms with Crippen molar-refractivity contribution in [2.75, 3.05) is 0 Å². The Morgan fingerprint density at radius 1 is 1.13 bits per heavy atom. The lowest BCUT2D eigenvalue weighted by Crippen LogP contribution is -2.48. The molecule has 0 bridgehead atoms. The Labute approximate surface area is 93.2 Å². The van der Waals surface area contributed by atoms with Crippen molar-refractivity contribution in [2.45, 2.75) is 31.8 Å². The van der Waals surface area contributed by atoms with E-state index in [0.29, 0.717) is 0 Å². The third-order valence-electron chi connectivity index (χ3n) is 2.68. The van der Waals surface area contributed by atoms with Crippen LogP contribution in [0, 0.1) is 11.8 Å². The van der Waals surface area contributed by atoms with E-state index in [0.717, 1.165) is 5.56 Å². The van der Waals surface area contributed by atoms with Crippen LogP contribution in [0.2, 0.25) is 19.6 Å². The van der Waals surface area contributed by atoms with Crippen molar-refractivity contribution in [3.63, 3.8) is 0 Å². The van der Waals surface area contributed by atoms with Crippen LogP contribution in [-0.2, 0) is 0 Å². The molecule has 0 aliphatic rings. The van der Waals surface area contributed by atoms with Gasteiger partial charge in [-0.1, -0.05) is 49.7 Å². The molecule has 0 heterocycles. The SMILES string of the molecule is CC(O)(C#Cc1ccccc1)[Si](C)(C)C. The van der Waals surface area contributed by atoms with Gasteiger partial charge in [0.15, 0.2) is 0 Å². The Bertz CT molecular complexity index is 376. The average molecular weight is 218 g/mol. The van der Waals surface area contributed by atoms with Crippen molar-refractivity contribution in [1.82, 2.24) is 0 Å². The molecule has 1 nitrogen and oxygen atoms in total. The van der Waals surface area contributed by atoms with Gasteiger partial charge in [-0.05, 0) is 19.1 Å². The maximum absolute atomic E-state index is 10.2. The molecule has 80 valence electrons. The summed E-state index contributed by atoms with van der Waals surface area (Å²) in [5.41, 5.74) is 0.955. The van der Waals surface area contributed by atoms with Gasteiger partial charge in [-0.25, -0.2) is 0 Å². The van der Waals surface area contributed by atoms with Crippen molar-refractivity contribution in [3.05, 3.63) is 35.9 Å².